The van der Waals surface area contributed by atoms with Crippen LogP contribution in [0.4, 0.5) is 13.2 Å². The molecule has 0 radical (unpaired) electrons. The van der Waals surface area contributed by atoms with Crippen molar-refractivity contribution in [3.05, 3.63) is 59.4 Å². The number of hydrogen-bond donors (Lipinski definition) is 1. The van der Waals surface area contributed by atoms with Gasteiger partial charge in [-0.25, -0.2) is 4.98 Å². The van der Waals surface area contributed by atoms with Crippen molar-refractivity contribution in [1.82, 2.24) is 14.9 Å². The number of nitrogens with zero attached hydrogens (tertiary/aromatic N) is 2. The van der Waals surface area contributed by atoms with Gasteiger partial charge in [-0.3, -0.25) is 4.79 Å². The lowest BCUT2D eigenvalue weighted by Gasteiger charge is -2.32. The first-order valence-corrected chi connectivity index (χ1v) is 9.81. The predicted octanol–water partition coefficient (Wildman–Crippen LogP) is 4.54. The van der Waals surface area contributed by atoms with Gasteiger partial charge in [-0.1, -0.05) is 12.1 Å². The topological polar surface area (TPSA) is 58.2 Å². The number of likely N-dealkylation sites (tertiary alicyclic amines) is 1. The molecule has 30 heavy (non-hydrogen) atoms. The Bertz CT molecular complexity index is 1060. The van der Waals surface area contributed by atoms with Crippen LogP contribution in [0.25, 0.3) is 11.0 Å². The Hall–Kier alpha value is -3.03. The van der Waals surface area contributed by atoms with E-state index in [-0.39, 0.29) is 18.2 Å². The second-order valence-corrected chi connectivity index (χ2v) is 7.56. The number of hydrogen-bond acceptors (Lipinski definition) is 3. The summed E-state index contributed by atoms with van der Waals surface area (Å²) in [4.78, 5) is 21.6. The number of benzene rings is 1. The van der Waals surface area contributed by atoms with Crippen molar-refractivity contribution in [2.24, 2.45) is 0 Å². The van der Waals surface area contributed by atoms with Gasteiger partial charge in [-0.2, -0.15) is 13.2 Å². The Kier molecular flexibility index (Phi) is 5.40. The van der Waals surface area contributed by atoms with Crippen LogP contribution in [0.5, 0.6) is 5.75 Å². The van der Waals surface area contributed by atoms with Crippen LogP contribution in [0.2, 0.25) is 0 Å². The van der Waals surface area contributed by atoms with Gasteiger partial charge >= 0.3 is 6.18 Å². The molecular formula is C22H22F3N3O2. The molecule has 1 N–H and O–H groups in total. The zero-order chi connectivity index (χ0) is 21.3. The number of carbonyl (C=O) groups excluding carboxylic acids is 1. The fourth-order valence-corrected chi connectivity index (χ4v) is 3.93. The zero-order valence-electron chi connectivity index (χ0n) is 16.5. The molecule has 0 spiro atoms. The summed E-state index contributed by atoms with van der Waals surface area (Å²) in [5.41, 5.74) is 1.66. The highest BCUT2D eigenvalue weighted by molar-refractivity contribution is 5.79. The lowest BCUT2D eigenvalue weighted by molar-refractivity contribution is -0.141. The van der Waals surface area contributed by atoms with Crippen LogP contribution in [-0.2, 0) is 17.4 Å². The van der Waals surface area contributed by atoms with Crippen molar-refractivity contribution < 1.29 is 22.7 Å². The molecule has 1 atom stereocenters. The molecule has 8 heteroatoms. The molecule has 3 aromatic rings. The van der Waals surface area contributed by atoms with Crippen LogP contribution in [-0.4, -0.2) is 41.0 Å². The van der Waals surface area contributed by atoms with Crippen LogP contribution in [0.15, 0.2) is 42.5 Å². The largest absolute Gasteiger partial charge is 0.497 e. The number of halogens is 3. The lowest BCUT2D eigenvalue weighted by atomic mass is 9.94. The lowest BCUT2D eigenvalue weighted by Crippen LogP contribution is -2.40. The minimum atomic E-state index is -4.47. The molecule has 158 valence electrons. The van der Waals surface area contributed by atoms with Crippen LogP contribution in [0.1, 0.15) is 35.7 Å². The fourth-order valence-electron chi connectivity index (χ4n) is 3.93. The summed E-state index contributed by atoms with van der Waals surface area (Å²) < 4.78 is 44.0. The molecular weight excluding hydrogens is 395 g/mol. The summed E-state index contributed by atoms with van der Waals surface area (Å²) in [5.74, 6) is 0.777. The van der Waals surface area contributed by atoms with Gasteiger partial charge in [0.25, 0.3) is 0 Å². The third kappa shape index (κ3) is 4.27. The van der Waals surface area contributed by atoms with Crippen molar-refractivity contribution in [3.63, 3.8) is 0 Å². The summed E-state index contributed by atoms with van der Waals surface area (Å²) in [6.07, 6.45) is -2.49. The number of alkyl halides is 3. The maximum Gasteiger partial charge on any atom is 0.433 e. The van der Waals surface area contributed by atoms with E-state index in [0.29, 0.717) is 29.9 Å². The quantitative estimate of drug-likeness (QED) is 0.678. The van der Waals surface area contributed by atoms with E-state index in [1.54, 1.807) is 13.2 Å². The number of ether oxygens (including phenoxy) is 1. The summed E-state index contributed by atoms with van der Waals surface area (Å²) in [6.45, 7) is 1.21. The van der Waals surface area contributed by atoms with E-state index in [4.69, 9.17) is 4.74 Å². The minimum absolute atomic E-state index is 0.0292. The molecule has 1 aliphatic heterocycles. The minimum Gasteiger partial charge on any atom is -0.497 e. The number of aromatic amines is 1. The van der Waals surface area contributed by atoms with Gasteiger partial charge in [-0.15, -0.1) is 0 Å². The second kappa shape index (κ2) is 8.01. The highest BCUT2D eigenvalue weighted by Gasteiger charge is 2.33. The predicted molar refractivity (Wildman–Crippen MR) is 106 cm³/mol. The molecule has 3 heterocycles. The van der Waals surface area contributed by atoms with Crippen LogP contribution >= 0.6 is 0 Å². The molecule has 1 aliphatic rings. The average Bonchev–Trinajstić information content (AvgIpc) is 3.17. The molecule has 0 aliphatic carbocycles. The van der Waals surface area contributed by atoms with Crippen LogP contribution in [0, 0.1) is 0 Å². The van der Waals surface area contributed by atoms with Crippen LogP contribution in [0.3, 0.4) is 0 Å². The Morgan fingerprint density at radius 2 is 2.10 bits per heavy atom. The summed E-state index contributed by atoms with van der Waals surface area (Å²) >= 11 is 0. The number of nitrogens with one attached hydrogen (secondary N) is 1. The highest BCUT2D eigenvalue weighted by atomic mass is 19.4. The normalized spacial score (nSPS) is 17.3. The van der Waals surface area contributed by atoms with E-state index in [1.807, 2.05) is 29.2 Å². The van der Waals surface area contributed by atoms with Crippen molar-refractivity contribution in [3.8, 4) is 5.75 Å². The van der Waals surface area contributed by atoms with E-state index in [9.17, 15) is 18.0 Å². The zero-order valence-corrected chi connectivity index (χ0v) is 16.5. The standard InChI is InChI=1S/C22H22F3N3O2/c1-30-16-6-2-4-14(10-16)11-21(29)28-9-3-5-15(13-28)18-12-19-17(26-18)7-8-20(27-19)22(23,24)25/h2,4,6-8,10,12,15,26H,3,5,9,11,13H2,1H3/t15-/m0/s1. The van der Waals surface area contributed by atoms with Gasteiger partial charge in [0.2, 0.25) is 5.91 Å². The summed E-state index contributed by atoms with van der Waals surface area (Å²) in [5, 5.41) is 0. The molecule has 1 saturated heterocycles. The smallest absolute Gasteiger partial charge is 0.433 e. The number of H-pyrrole nitrogens is 1. The number of carbonyl (C=O) groups is 1. The van der Waals surface area contributed by atoms with E-state index in [1.165, 1.54) is 6.07 Å². The molecule has 0 unspecified atom stereocenters. The first-order chi connectivity index (χ1) is 14.3. The molecule has 1 aromatic carbocycles. The van der Waals surface area contributed by atoms with Crippen LogP contribution < -0.4 is 4.74 Å². The number of piperidine rings is 1. The van der Waals surface area contributed by atoms with Gasteiger partial charge < -0.3 is 14.6 Å². The van der Waals surface area contributed by atoms with Crippen molar-refractivity contribution in [2.75, 3.05) is 20.2 Å². The molecule has 0 saturated carbocycles. The van der Waals surface area contributed by atoms with Gasteiger partial charge in [0.15, 0.2) is 0 Å². The van der Waals surface area contributed by atoms with Crippen molar-refractivity contribution >= 4 is 16.9 Å². The fraction of sp³-hybridized carbons (Fsp3) is 0.364. The van der Waals surface area contributed by atoms with Crippen molar-refractivity contribution in [2.45, 2.75) is 31.4 Å². The van der Waals surface area contributed by atoms with E-state index >= 15 is 0 Å². The molecule has 5 nitrogen and oxygen atoms in total. The summed E-state index contributed by atoms with van der Waals surface area (Å²) in [7, 11) is 1.59. The Morgan fingerprint density at radius 3 is 2.87 bits per heavy atom. The van der Waals surface area contributed by atoms with Crippen molar-refractivity contribution in [1.29, 1.82) is 0 Å². The monoisotopic (exact) mass is 417 g/mol. The number of methoxy groups -OCH3 is 1. The first-order valence-electron chi connectivity index (χ1n) is 9.81. The van der Waals surface area contributed by atoms with E-state index in [2.05, 4.69) is 9.97 Å². The maximum absolute atomic E-state index is 12.9. The summed E-state index contributed by atoms with van der Waals surface area (Å²) in [6, 6.07) is 11.5. The average molecular weight is 417 g/mol. The third-order valence-electron chi connectivity index (χ3n) is 5.49. The third-order valence-corrected chi connectivity index (χ3v) is 5.49. The number of rotatable bonds is 4. The Morgan fingerprint density at radius 1 is 1.27 bits per heavy atom. The van der Waals surface area contributed by atoms with E-state index in [0.717, 1.165) is 30.2 Å². The van der Waals surface area contributed by atoms with Gasteiger partial charge in [0.05, 0.1) is 24.6 Å². The number of fused-ring (bicyclic) bond motifs is 1. The van der Waals surface area contributed by atoms with E-state index < -0.39 is 11.9 Å². The molecule has 0 bridgehead atoms. The van der Waals surface area contributed by atoms with Gasteiger partial charge in [0, 0.05) is 24.7 Å². The molecule has 1 amide bonds. The highest BCUT2D eigenvalue weighted by Crippen LogP contribution is 2.32. The molecule has 4 rings (SSSR count). The van der Waals surface area contributed by atoms with Gasteiger partial charge in [-0.05, 0) is 48.7 Å². The second-order valence-electron chi connectivity index (χ2n) is 7.56. The number of aromatic nitrogens is 2. The molecule has 1 fully saturated rings. The Labute approximate surface area is 171 Å². The maximum atomic E-state index is 12.9. The van der Waals surface area contributed by atoms with Gasteiger partial charge in [0.1, 0.15) is 11.4 Å². The number of amides is 1. The number of pyridine rings is 1. The molecule has 2 aromatic heterocycles. The Balaban J connectivity index is 1.48. The first kappa shape index (κ1) is 20.3. The SMILES string of the molecule is COc1cccc(CC(=O)N2CCC[C@H](c3cc4nc(C(F)(F)F)ccc4[nH]3)C2)c1.